The molecule has 1 saturated heterocycles. The van der Waals surface area contributed by atoms with Gasteiger partial charge < -0.3 is 15.1 Å². The van der Waals surface area contributed by atoms with Crippen LogP contribution in [-0.2, 0) is 0 Å². The quantitative estimate of drug-likeness (QED) is 0.756. The lowest BCUT2D eigenvalue weighted by Gasteiger charge is -2.34. The summed E-state index contributed by atoms with van der Waals surface area (Å²) in [4.78, 5) is 9.63. The number of amidine groups is 1. The number of fused-ring (bicyclic) bond motifs is 2. The molecule has 0 radical (unpaired) electrons. The van der Waals surface area contributed by atoms with Crippen molar-refractivity contribution in [1.82, 2.24) is 9.80 Å². The minimum Gasteiger partial charge on any atom is -0.353 e. The lowest BCUT2D eigenvalue weighted by Crippen LogP contribution is -2.47. The fourth-order valence-electron chi connectivity index (χ4n) is 3.09. The number of likely N-dealkylation sites (N-methyl/N-ethyl adjacent to an activating group) is 1. The van der Waals surface area contributed by atoms with E-state index < -0.39 is 0 Å². The third kappa shape index (κ3) is 2.86. The van der Waals surface area contributed by atoms with Gasteiger partial charge in [0.1, 0.15) is 5.84 Å². The monoisotopic (exact) mass is 360 g/mol. The summed E-state index contributed by atoms with van der Waals surface area (Å²) in [5.74, 6) is 0.989. The van der Waals surface area contributed by atoms with Crippen molar-refractivity contribution in [3.63, 3.8) is 0 Å². The van der Waals surface area contributed by atoms with Crippen LogP contribution in [0.25, 0.3) is 0 Å². The Morgan fingerprint density at radius 2 is 1.67 bits per heavy atom. The zero-order valence-corrected chi connectivity index (χ0v) is 14.9. The molecule has 4 rings (SSSR count). The highest BCUT2D eigenvalue weighted by atomic mass is 35.5. The maximum atomic E-state index is 6.21. The lowest BCUT2D eigenvalue weighted by atomic mass is 10.1. The Hall–Kier alpha value is -1.75. The van der Waals surface area contributed by atoms with Crippen LogP contribution in [0.4, 0.5) is 17.1 Å². The summed E-state index contributed by atoms with van der Waals surface area (Å²) >= 11 is 12.4. The number of piperazine rings is 1. The largest absolute Gasteiger partial charge is 0.353 e. The van der Waals surface area contributed by atoms with Crippen LogP contribution in [0.3, 0.4) is 0 Å². The average Bonchev–Trinajstić information content (AvgIpc) is 2.73. The minimum atomic E-state index is 0.518. The van der Waals surface area contributed by atoms with Gasteiger partial charge in [0, 0.05) is 37.4 Å². The van der Waals surface area contributed by atoms with Crippen molar-refractivity contribution in [2.24, 2.45) is 4.99 Å². The standard InChI is InChI=1S/C18H18Cl2N4/c1-23-6-8-24(9-7-23)18-12-4-2-3-5-15(12)21-16-10-13(19)14(20)11-17(16)22-18/h2-5,10-11,21H,6-9H2,1H3. The van der Waals surface area contributed by atoms with Crippen molar-refractivity contribution in [2.75, 3.05) is 38.5 Å². The van der Waals surface area contributed by atoms with Crippen LogP contribution in [0.2, 0.25) is 10.0 Å². The van der Waals surface area contributed by atoms with Crippen molar-refractivity contribution in [3.05, 3.63) is 52.0 Å². The van der Waals surface area contributed by atoms with Crippen LogP contribution >= 0.6 is 23.2 Å². The van der Waals surface area contributed by atoms with Crippen LogP contribution in [-0.4, -0.2) is 48.9 Å². The van der Waals surface area contributed by atoms with E-state index in [2.05, 4.69) is 34.3 Å². The molecule has 2 aliphatic heterocycles. The maximum absolute atomic E-state index is 6.21. The molecule has 2 aromatic carbocycles. The number of hydrogen-bond acceptors (Lipinski definition) is 4. The second-order valence-electron chi connectivity index (χ2n) is 6.18. The fraction of sp³-hybridized carbons (Fsp3) is 0.278. The third-order valence-electron chi connectivity index (χ3n) is 4.51. The van der Waals surface area contributed by atoms with E-state index in [0.717, 1.165) is 54.6 Å². The summed E-state index contributed by atoms with van der Waals surface area (Å²) in [6.07, 6.45) is 0. The molecule has 124 valence electrons. The molecule has 2 aromatic rings. The van der Waals surface area contributed by atoms with Gasteiger partial charge in [0.05, 0.1) is 21.4 Å². The Balaban J connectivity index is 1.85. The van der Waals surface area contributed by atoms with Crippen molar-refractivity contribution in [2.45, 2.75) is 0 Å². The van der Waals surface area contributed by atoms with Gasteiger partial charge in [0.15, 0.2) is 0 Å². The van der Waals surface area contributed by atoms with Gasteiger partial charge in [0.2, 0.25) is 0 Å². The number of anilines is 2. The number of hydrogen-bond donors (Lipinski definition) is 1. The first-order valence-corrected chi connectivity index (χ1v) is 8.75. The van der Waals surface area contributed by atoms with Gasteiger partial charge in [-0.15, -0.1) is 0 Å². The highest BCUT2D eigenvalue weighted by Gasteiger charge is 2.24. The summed E-state index contributed by atoms with van der Waals surface area (Å²) in [5, 5.41) is 4.50. The zero-order chi connectivity index (χ0) is 16.7. The Morgan fingerprint density at radius 3 is 2.46 bits per heavy atom. The molecule has 0 bridgehead atoms. The lowest BCUT2D eigenvalue weighted by molar-refractivity contribution is 0.216. The Bertz CT molecular complexity index is 811. The molecule has 1 fully saturated rings. The second-order valence-corrected chi connectivity index (χ2v) is 6.99. The van der Waals surface area contributed by atoms with Gasteiger partial charge in [-0.05, 0) is 31.3 Å². The van der Waals surface area contributed by atoms with Crippen LogP contribution in [0.5, 0.6) is 0 Å². The SMILES string of the molecule is CN1CCN(C2=Nc3cc(Cl)c(Cl)cc3Nc3ccccc32)CC1. The molecule has 2 aliphatic rings. The molecule has 6 heteroatoms. The van der Waals surface area contributed by atoms with Gasteiger partial charge in [-0.2, -0.15) is 0 Å². The fourth-order valence-corrected chi connectivity index (χ4v) is 3.42. The molecule has 4 nitrogen and oxygen atoms in total. The van der Waals surface area contributed by atoms with E-state index in [1.54, 1.807) is 0 Å². The first-order valence-electron chi connectivity index (χ1n) is 7.99. The minimum absolute atomic E-state index is 0.518. The smallest absolute Gasteiger partial charge is 0.138 e. The van der Waals surface area contributed by atoms with Crippen LogP contribution < -0.4 is 5.32 Å². The maximum Gasteiger partial charge on any atom is 0.138 e. The van der Waals surface area contributed by atoms with Crippen molar-refractivity contribution in [1.29, 1.82) is 0 Å². The van der Waals surface area contributed by atoms with Crippen LogP contribution in [0.15, 0.2) is 41.4 Å². The highest BCUT2D eigenvalue weighted by Crippen LogP contribution is 2.39. The molecule has 0 amide bonds. The van der Waals surface area contributed by atoms with E-state index in [1.807, 2.05) is 24.3 Å². The summed E-state index contributed by atoms with van der Waals surface area (Å²) in [7, 11) is 2.15. The number of benzene rings is 2. The van der Waals surface area contributed by atoms with Gasteiger partial charge in [0.25, 0.3) is 0 Å². The summed E-state index contributed by atoms with van der Waals surface area (Å²) in [6.45, 7) is 3.98. The van der Waals surface area contributed by atoms with Crippen molar-refractivity contribution < 1.29 is 0 Å². The Labute approximate surface area is 151 Å². The van der Waals surface area contributed by atoms with Gasteiger partial charge in [-0.3, -0.25) is 0 Å². The molecule has 1 N–H and O–H groups in total. The summed E-state index contributed by atoms with van der Waals surface area (Å²) in [6, 6.07) is 11.9. The molecule has 0 spiro atoms. The van der Waals surface area contributed by atoms with E-state index in [-0.39, 0.29) is 0 Å². The number of halogens is 2. The predicted octanol–water partition coefficient (Wildman–Crippen LogP) is 4.38. The molecule has 24 heavy (non-hydrogen) atoms. The number of nitrogens with one attached hydrogen (secondary N) is 1. The highest BCUT2D eigenvalue weighted by molar-refractivity contribution is 6.42. The zero-order valence-electron chi connectivity index (χ0n) is 13.4. The number of aliphatic imine (C=N–C) groups is 1. The molecule has 2 heterocycles. The van der Waals surface area contributed by atoms with Crippen LogP contribution in [0.1, 0.15) is 5.56 Å². The van der Waals surface area contributed by atoms with Gasteiger partial charge in [-0.25, -0.2) is 4.99 Å². The van der Waals surface area contributed by atoms with E-state index in [1.165, 1.54) is 0 Å². The topological polar surface area (TPSA) is 30.9 Å². The van der Waals surface area contributed by atoms with Crippen molar-refractivity contribution in [3.8, 4) is 0 Å². The van der Waals surface area contributed by atoms with E-state index in [9.17, 15) is 0 Å². The normalized spacial score (nSPS) is 17.5. The molecule has 0 unspecified atom stereocenters. The average molecular weight is 361 g/mol. The summed E-state index contributed by atoms with van der Waals surface area (Å²) < 4.78 is 0. The second kappa shape index (κ2) is 6.28. The molecular weight excluding hydrogens is 343 g/mol. The molecular formula is C18H18Cl2N4. The summed E-state index contributed by atoms with van der Waals surface area (Å²) in [5.41, 5.74) is 3.83. The van der Waals surface area contributed by atoms with Gasteiger partial charge in [-0.1, -0.05) is 35.3 Å². The number of rotatable bonds is 0. The van der Waals surface area contributed by atoms with Crippen molar-refractivity contribution >= 4 is 46.1 Å². The molecule has 0 atom stereocenters. The van der Waals surface area contributed by atoms with E-state index in [0.29, 0.717) is 10.0 Å². The first-order chi connectivity index (χ1) is 11.6. The Morgan fingerprint density at radius 1 is 0.958 bits per heavy atom. The molecule has 0 aliphatic carbocycles. The first kappa shape index (κ1) is 15.8. The molecule has 0 saturated carbocycles. The predicted molar refractivity (Wildman–Crippen MR) is 101 cm³/mol. The van der Waals surface area contributed by atoms with E-state index >= 15 is 0 Å². The number of para-hydroxylation sites is 1. The van der Waals surface area contributed by atoms with Gasteiger partial charge >= 0.3 is 0 Å². The Kier molecular flexibility index (Phi) is 4.12. The van der Waals surface area contributed by atoms with Crippen LogP contribution in [0, 0.1) is 0 Å². The number of nitrogens with zero attached hydrogens (tertiary/aromatic N) is 3. The molecule has 0 aromatic heterocycles. The van der Waals surface area contributed by atoms with E-state index in [4.69, 9.17) is 28.2 Å². The third-order valence-corrected chi connectivity index (χ3v) is 5.23.